The van der Waals surface area contributed by atoms with Gasteiger partial charge in [0.2, 0.25) is 5.91 Å². The molecule has 0 spiro atoms. The number of non-ortho nitro benzene ring substituents is 1. The molecule has 1 amide bonds. The van der Waals surface area contributed by atoms with Gasteiger partial charge in [0.1, 0.15) is 0 Å². The van der Waals surface area contributed by atoms with Gasteiger partial charge in [-0.1, -0.05) is 0 Å². The highest BCUT2D eigenvalue weighted by atomic mass is 16.6. The topological polar surface area (TPSA) is 104 Å². The van der Waals surface area contributed by atoms with Crippen molar-refractivity contribution in [3.63, 3.8) is 0 Å². The molecule has 7 heteroatoms. The lowest BCUT2D eigenvalue weighted by molar-refractivity contribution is -0.384. The first kappa shape index (κ1) is 15.4. The smallest absolute Gasteiger partial charge is 0.269 e. The molecule has 0 radical (unpaired) electrons. The molecule has 0 aromatic heterocycles. The maximum atomic E-state index is 11.4. The van der Waals surface area contributed by atoms with E-state index >= 15 is 0 Å². The lowest BCUT2D eigenvalue weighted by atomic mass is 10.1. The van der Waals surface area contributed by atoms with Crippen LogP contribution >= 0.6 is 0 Å². The highest BCUT2D eigenvalue weighted by Crippen LogP contribution is 2.18. The molecule has 3 N–H and O–H groups in total. The van der Waals surface area contributed by atoms with Gasteiger partial charge in [-0.2, -0.15) is 0 Å². The Labute approximate surface area is 122 Å². The number of aliphatic hydroxyl groups excluding tert-OH is 1. The Kier molecular flexibility index (Phi) is 5.24. The quantitative estimate of drug-likeness (QED) is 0.375. The number of carbonyl (C=O) groups is 1. The lowest BCUT2D eigenvalue weighted by Crippen LogP contribution is -2.30. The molecular weight excluding hydrogens is 274 g/mol. The number of benzene rings is 1. The number of carbonyl (C=O) groups excluding carboxylic acids is 1. The maximum Gasteiger partial charge on any atom is 0.269 e. The van der Waals surface area contributed by atoms with Crippen molar-refractivity contribution in [1.29, 1.82) is 0 Å². The Hall–Kier alpha value is -1.99. The van der Waals surface area contributed by atoms with Crippen LogP contribution in [0.1, 0.15) is 30.9 Å². The molecule has 7 nitrogen and oxygen atoms in total. The minimum Gasteiger partial charge on any atom is -0.387 e. The minimum atomic E-state index is -0.753. The van der Waals surface area contributed by atoms with Crippen molar-refractivity contribution in [2.24, 2.45) is 0 Å². The van der Waals surface area contributed by atoms with Gasteiger partial charge in [0.25, 0.3) is 5.69 Å². The fourth-order valence-corrected chi connectivity index (χ4v) is 1.90. The zero-order valence-electron chi connectivity index (χ0n) is 11.6. The van der Waals surface area contributed by atoms with Crippen LogP contribution in [0.3, 0.4) is 0 Å². The van der Waals surface area contributed by atoms with Gasteiger partial charge in [0.15, 0.2) is 0 Å². The lowest BCUT2D eigenvalue weighted by Gasteiger charge is -2.12. The van der Waals surface area contributed by atoms with E-state index in [4.69, 9.17) is 0 Å². The number of nitrogens with one attached hydrogen (secondary N) is 2. The summed E-state index contributed by atoms with van der Waals surface area (Å²) in [5, 5.41) is 26.4. The van der Waals surface area contributed by atoms with E-state index in [-0.39, 0.29) is 11.6 Å². The number of rotatable bonds is 8. The van der Waals surface area contributed by atoms with E-state index < -0.39 is 11.0 Å². The van der Waals surface area contributed by atoms with E-state index in [0.717, 1.165) is 12.8 Å². The summed E-state index contributed by atoms with van der Waals surface area (Å²) in [5.41, 5.74) is 0.603. The Morgan fingerprint density at radius 3 is 2.62 bits per heavy atom. The van der Waals surface area contributed by atoms with Crippen molar-refractivity contribution in [2.45, 2.75) is 31.4 Å². The molecule has 1 aromatic rings. The molecule has 1 aromatic carbocycles. The first-order valence-electron chi connectivity index (χ1n) is 6.99. The number of nitro benzene ring substituents is 1. The molecule has 0 heterocycles. The maximum absolute atomic E-state index is 11.4. The molecule has 0 bridgehead atoms. The molecule has 1 aliphatic rings. The van der Waals surface area contributed by atoms with Gasteiger partial charge < -0.3 is 15.7 Å². The van der Waals surface area contributed by atoms with Crippen LogP contribution in [0.5, 0.6) is 0 Å². The predicted octanol–water partition coefficient (Wildman–Crippen LogP) is 0.886. The summed E-state index contributed by atoms with van der Waals surface area (Å²) >= 11 is 0. The monoisotopic (exact) mass is 293 g/mol. The van der Waals surface area contributed by atoms with E-state index in [1.54, 1.807) is 0 Å². The van der Waals surface area contributed by atoms with E-state index in [1.165, 1.54) is 24.3 Å². The van der Waals surface area contributed by atoms with Gasteiger partial charge in [0.05, 0.1) is 11.0 Å². The van der Waals surface area contributed by atoms with E-state index in [2.05, 4.69) is 10.6 Å². The molecule has 114 valence electrons. The van der Waals surface area contributed by atoms with Crippen LogP contribution in [0.25, 0.3) is 0 Å². The average molecular weight is 293 g/mol. The van der Waals surface area contributed by atoms with Crippen molar-refractivity contribution >= 4 is 11.6 Å². The highest BCUT2D eigenvalue weighted by molar-refractivity contribution is 5.76. The summed E-state index contributed by atoms with van der Waals surface area (Å²) in [6, 6.07) is 6.15. The molecule has 21 heavy (non-hydrogen) atoms. The third kappa shape index (κ3) is 5.13. The van der Waals surface area contributed by atoms with E-state index in [1.807, 2.05) is 0 Å². The summed E-state index contributed by atoms with van der Waals surface area (Å²) in [4.78, 5) is 21.5. The Morgan fingerprint density at radius 1 is 1.38 bits per heavy atom. The van der Waals surface area contributed by atoms with Crippen molar-refractivity contribution in [2.75, 3.05) is 13.1 Å². The van der Waals surface area contributed by atoms with Gasteiger partial charge in [-0.25, -0.2) is 0 Å². The first-order valence-corrected chi connectivity index (χ1v) is 6.99. The van der Waals surface area contributed by atoms with E-state index in [9.17, 15) is 20.0 Å². The number of hydrogen-bond donors (Lipinski definition) is 3. The third-order valence-electron chi connectivity index (χ3n) is 3.30. The van der Waals surface area contributed by atoms with Crippen molar-refractivity contribution in [3.8, 4) is 0 Å². The molecule has 0 saturated heterocycles. The number of nitro groups is 1. The number of aliphatic hydroxyl groups is 1. The minimum absolute atomic E-state index is 0.00402. The van der Waals surface area contributed by atoms with Crippen molar-refractivity contribution in [3.05, 3.63) is 39.9 Å². The summed E-state index contributed by atoms with van der Waals surface area (Å²) < 4.78 is 0. The van der Waals surface area contributed by atoms with Crippen LogP contribution in [0.4, 0.5) is 5.69 Å². The van der Waals surface area contributed by atoms with Crippen LogP contribution in [-0.4, -0.2) is 35.1 Å². The number of amides is 1. The number of hydrogen-bond acceptors (Lipinski definition) is 5. The van der Waals surface area contributed by atoms with Crippen LogP contribution in [0.2, 0.25) is 0 Å². The Bertz CT molecular complexity index is 499. The summed E-state index contributed by atoms with van der Waals surface area (Å²) in [7, 11) is 0. The number of nitrogens with zero attached hydrogens (tertiary/aromatic N) is 1. The van der Waals surface area contributed by atoms with Gasteiger partial charge in [0, 0.05) is 37.7 Å². The second kappa shape index (κ2) is 7.14. The predicted molar refractivity (Wildman–Crippen MR) is 76.7 cm³/mol. The van der Waals surface area contributed by atoms with Crippen molar-refractivity contribution in [1.82, 2.24) is 10.6 Å². The summed E-state index contributed by atoms with van der Waals surface area (Å²) in [6.07, 6.45) is 1.76. The Balaban J connectivity index is 1.67. The average Bonchev–Trinajstić information content (AvgIpc) is 3.27. The van der Waals surface area contributed by atoms with Gasteiger partial charge in [-0.15, -0.1) is 0 Å². The van der Waals surface area contributed by atoms with Gasteiger partial charge in [-0.3, -0.25) is 14.9 Å². The SMILES string of the molecule is O=C(CCNCC(O)c1ccc([N+](=O)[O-])cc1)NC1CC1. The second-order valence-corrected chi connectivity index (χ2v) is 5.16. The molecule has 1 aliphatic carbocycles. The summed E-state index contributed by atoms with van der Waals surface area (Å²) in [6.45, 7) is 0.789. The van der Waals surface area contributed by atoms with Crippen LogP contribution in [0.15, 0.2) is 24.3 Å². The standard InChI is InChI=1S/C14H19N3O4/c18-13(10-1-5-12(6-2-10)17(20)21)9-15-8-7-14(19)16-11-3-4-11/h1-2,5-6,11,13,15,18H,3-4,7-9H2,(H,16,19). The van der Waals surface area contributed by atoms with Gasteiger partial charge >= 0.3 is 0 Å². The summed E-state index contributed by atoms with van der Waals surface area (Å²) in [5.74, 6) is 0.0230. The fraction of sp³-hybridized carbons (Fsp3) is 0.500. The largest absolute Gasteiger partial charge is 0.387 e. The third-order valence-corrected chi connectivity index (χ3v) is 3.30. The Morgan fingerprint density at radius 2 is 2.05 bits per heavy atom. The normalized spacial score (nSPS) is 15.5. The van der Waals surface area contributed by atoms with Crippen LogP contribution in [0, 0.1) is 10.1 Å². The fourth-order valence-electron chi connectivity index (χ4n) is 1.90. The highest BCUT2D eigenvalue weighted by Gasteiger charge is 2.22. The molecule has 1 fully saturated rings. The molecule has 0 aliphatic heterocycles. The zero-order chi connectivity index (χ0) is 15.2. The van der Waals surface area contributed by atoms with Crippen LogP contribution in [-0.2, 0) is 4.79 Å². The second-order valence-electron chi connectivity index (χ2n) is 5.16. The molecule has 1 unspecified atom stereocenters. The zero-order valence-corrected chi connectivity index (χ0v) is 11.6. The first-order chi connectivity index (χ1) is 10.1. The van der Waals surface area contributed by atoms with Crippen LogP contribution < -0.4 is 10.6 Å². The molecule has 1 atom stereocenters. The molecular formula is C14H19N3O4. The van der Waals surface area contributed by atoms with E-state index in [0.29, 0.717) is 31.1 Å². The molecule has 2 rings (SSSR count). The van der Waals surface area contributed by atoms with Crippen molar-refractivity contribution < 1.29 is 14.8 Å². The van der Waals surface area contributed by atoms with Gasteiger partial charge in [-0.05, 0) is 30.5 Å². The molecule has 1 saturated carbocycles.